The molecule has 3 nitrogen and oxygen atoms in total. The third-order valence-electron chi connectivity index (χ3n) is 3.87. The Labute approximate surface area is 103 Å². The fourth-order valence-corrected chi connectivity index (χ4v) is 2.96. The number of benzene rings is 1. The van der Waals surface area contributed by atoms with E-state index in [1.807, 2.05) is 6.07 Å². The Morgan fingerprint density at radius 3 is 2.35 bits per heavy atom. The molecule has 0 radical (unpaired) electrons. The van der Waals surface area contributed by atoms with Crippen LogP contribution in [0.5, 0.6) is 11.5 Å². The molecule has 1 aliphatic rings. The summed E-state index contributed by atoms with van der Waals surface area (Å²) in [5.41, 5.74) is 7.38. The van der Waals surface area contributed by atoms with E-state index in [0.717, 1.165) is 17.4 Å². The SMILES string of the molecule is COc1ccc(C2(CN)CC(C)C2)cc1OC. The van der Waals surface area contributed by atoms with Gasteiger partial charge < -0.3 is 15.2 Å². The second kappa shape index (κ2) is 4.57. The summed E-state index contributed by atoms with van der Waals surface area (Å²) in [7, 11) is 3.32. The Morgan fingerprint density at radius 2 is 1.88 bits per heavy atom. The highest BCUT2D eigenvalue weighted by Gasteiger charge is 2.42. The summed E-state index contributed by atoms with van der Waals surface area (Å²) < 4.78 is 10.6. The Morgan fingerprint density at radius 1 is 1.24 bits per heavy atom. The zero-order chi connectivity index (χ0) is 12.5. The van der Waals surface area contributed by atoms with Crippen molar-refractivity contribution in [2.45, 2.75) is 25.2 Å². The number of hydrogen-bond donors (Lipinski definition) is 1. The largest absolute Gasteiger partial charge is 0.493 e. The fraction of sp³-hybridized carbons (Fsp3) is 0.571. The maximum absolute atomic E-state index is 5.95. The lowest BCUT2D eigenvalue weighted by Gasteiger charge is -2.46. The molecule has 0 heterocycles. The number of nitrogens with two attached hydrogens (primary N) is 1. The highest BCUT2D eigenvalue weighted by molar-refractivity contribution is 5.46. The molecule has 3 heteroatoms. The summed E-state index contributed by atoms with van der Waals surface area (Å²) in [4.78, 5) is 0. The van der Waals surface area contributed by atoms with Crippen LogP contribution >= 0.6 is 0 Å². The van der Waals surface area contributed by atoms with Crippen molar-refractivity contribution in [3.8, 4) is 11.5 Å². The van der Waals surface area contributed by atoms with Gasteiger partial charge in [0.1, 0.15) is 0 Å². The number of hydrogen-bond acceptors (Lipinski definition) is 3. The third-order valence-corrected chi connectivity index (χ3v) is 3.87. The number of methoxy groups -OCH3 is 2. The monoisotopic (exact) mass is 235 g/mol. The quantitative estimate of drug-likeness (QED) is 0.871. The first kappa shape index (κ1) is 12.2. The summed E-state index contributed by atoms with van der Waals surface area (Å²) in [5, 5.41) is 0. The van der Waals surface area contributed by atoms with Crippen LogP contribution in [0, 0.1) is 5.92 Å². The van der Waals surface area contributed by atoms with E-state index >= 15 is 0 Å². The van der Waals surface area contributed by atoms with Gasteiger partial charge in [-0.15, -0.1) is 0 Å². The average Bonchev–Trinajstić information content (AvgIpc) is 2.33. The number of ether oxygens (including phenoxy) is 2. The van der Waals surface area contributed by atoms with Crippen LogP contribution in [-0.2, 0) is 5.41 Å². The van der Waals surface area contributed by atoms with E-state index in [9.17, 15) is 0 Å². The topological polar surface area (TPSA) is 44.5 Å². The van der Waals surface area contributed by atoms with Gasteiger partial charge in [0.05, 0.1) is 14.2 Å². The van der Waals surface area contributed by atoms with E-state index in [0.29, 0.717) is 6.54 Å². The van der Waals surface area contributed by atoms with Gasteiger partial charge in [-0.1, -0.05) is 13.0 Å². The Balaban J connectivity index is 2.33. The summed E-state index contributed by atoms with van der Waals surface area (Å²) in [6.07, 6.45) is 2.33. The number of rotatable bonds is 4. The maximum Gasteiger partial charge on any atom is 0.161 e. The fourth-order valence-electron chi connectivity index (χ4n) is 2.96. The van der Waals surface area contributed by atoms with Crippen molar-refractivity contribution in [3.63, 3.8) is 0 Å². The van der Waals surface area contributed by atoms with E-state index < -0.39 is 0 Å². The van der Waals surface area contributed by atoms with Crippen LogP contribution in [0.1, 0.15) is 25.3 Å². The molecule has 94 valence electrons. The Kier molecular flexibility index (Phi) is 3.29. The van der Waals surface area contributed by atoms with Gasteiger partial charge in [-0.25, -0.2) is 0 Å². The minimum Gasteiger partial charge on any atom is -0.493 e. The van der Waals surface area contributed by atoms with Gasteiger partial charge in [0.25, 0.3) is 0 Å². The van der Waals surface area contributed by atoms with Gasteiger partial charge in [-0.05, 0) is 36.5 Å². The minimum absolute atomic E-state index is 0.152. The molecule has 1 aromatic rings. The zero-order valence-electron chi connectivity index (χ0n) is 10.8. The van der Waals surface area contributed by atoms with E-state index in [1.54, 1.807) is 14.2 Å². The van der Waals surface area contributed by atoms with Crippen LogP contribution in [0.4, 0.5) is 0 Å². The van der Waals surface area contributed by atoms with Gasteiger partial charge in [0.15, 0.2) is 11.5 Å². The molecule has 2 rings (SSSR count). The molecule has 0 unspecified atom stereocenters. The minimum atomic E-state index is 0.152. The normalized spacial score (nSPS) is 27.4. The molecule has 0 amide bonds. The molecule has 2 N–H and O–H groups in total. The summed E-state index contributed by atoms with van der Waals surface area (Å²) in [6, 6.07) is 6.15. The van der Waals surface area contributed by atoms with Crippen molar-refractivity contribution in [1.82, 2.24) is 0 Å². The molecule has 0 bridgehead atoms. The molecule has 17 heavy (non-hydrogen) atoms. The van der Waals surface area contributed by atoms with Gasteiger partial charge in [-0.3, -0.25) is 0 Å². The average molecular weight is 235 g/mol. The van der Waals surface area contributed by atoms with Gasteiger partial charge >= 0.3 is 0 Å². The summed E-state index contributed by atoms with van der Waals surface area (Å²) >= 11 is 0. The van der Waals surface area contributed by atoms with Crippen molar-refractivity contribution in [3.05, 3.63) is 23.8 Å². The van der Waals surface area contributed by atoms with Gasteiger partial charge in [-0.2, -0.15) is 0 Å². The van der Waals surface area contributed by atoms with Crippen LogP contribution in [0.2, 0.25) is 0 Å². The lowest BCUT2D eigenvalue weighted by atomic mass is 9.59. The zero-order valence-corrected chi connectivity index (χ0v) is 10.8. The van der Waals surface area contributed by atoms with Crippen molar-refractivity contribution in [2.24, 2.45) is 11.7 Å². The second-order valence-corrected chi connectivity index (χ2v) is 5.07. The smallest absolute Gasteiger partial charge is 0.161 e. The predicted molar refractivity (Wildman–Crippen MR) is 68.7 cm³/mol. The summed E-state index contributed by atoms with van der Waals surface area (Å²) in [6.45, 7) is 2.97. The first-order valence-electron chi connectivity index (χ1n) is 6.08. The lowest BCUT2D eigenvalue weighted by Crippen LogP contribution is -2.46. The first-order valence-corrected chi connectivity index (χ1v) is 6.08. The van der Waals surface area contributed by atoms with E-state index in [-0.39, 0.29) is 5.41 Å². The molecule has 0 aromatic heterocycles. The standard InChI is InChI=1S/C14H21NO2/c1-10-7-14(8-10,9-15)11-4-5-12(16-2)13(6-11)17-3/h4-6,10H,7-9,15H2,1-3H3. The molecule has 0 aliphatic heterocycles. The Hall–Kier alpha value is -1.22. The van der Waals surface area contributed by atoms with Crippen molar-refractivity contribution in [1.29, 1.82) is 0 Å². The summed E-state index contributed by atoms with van der Waals surface area (Å²) in [5.74, 6) is 2.33. The first-order chi connectivity index (χ1) is 8.15. The molecule has 1 aliphatic carbocycles. The highest BCUT2D eigenvalue weighted by atomic mass is 16.5. The molecule has 0 spiro atoms. The van der Waals surface area contributed by atoms with Crippen molar-refractivity contribution in [2.75, 3.05) is 20.8 Å². The Bertz CT molecular complexity index is 397. The lowest BCUT2D eigenvalue weighted by molar-refractivity contribution is 0.164. The van der Waals surface area contributed by atoms with Crippen LogP contribution in [0.3, 0.4) is 0 Å². The van der Waals surface area contributed by atoms with Gasteiger partial charge in [0.2, 0.25) is 0 Å². The van der Waals surface area contributed by atoms with Crippen LogP contribution in [-0.4, -0.2) is 20.8 Å². The molecule has 0 atom stereocenters. The molecule has 0 saturated heterocycles. The maximum atomic E-state index is 5.95. The predicted octanol–water partition coefficient (Wildman–Crippen LogP) is 2.33. The molecule has 1 aromatic carbocycles. The highest BCUT2D eigenvalue weighted by Crippen LogP contribution is 2.48. The molecular formula is C14H21NO2. The molecule has 1 fully saturated rings. The van der Waals surface area contributed by atoms with Crippen LogP contribution in [0.15, 0.2) is 18.2 Å². The molecule has 1 saturated carbocycles. The van der Waals surface area contributed by atoms with Crippen molar-refractivity contribution >= 4 is 0 Å². The second-order valence-electron chi connectivity index (χ2n) is 5.07. The van der Waals surface area contributed by atoms with E-state index in [2.05, 4.69) is 19.1 Å². The van der Waals surface area contributed by atoms with Crippen LogP contribution in [0.25, 0.3) is 0 Å². The van der Waals surface area contributed by atoms with Crippen molar-refractivity contribution < 1.29 is 9.47 Å². The van der Waals surface area contributed by atoms with E-state index in [1.165, 1.54) is 18.4 Å². The van der Waals surface area contributed by atoms with Crippen LogP contribution < -0.4 is 15.2 Å². The molecular weight excluding hydrogens is 214 g/mol. The van der Waals surface area contributed by atoms with E-state index in [4.69, 9.17) is 15.2 Å². The van der Waals surface area contributed by atoms with Gasteiger partial charge in [0, 0.05) is 12.0 Å². The third kappa shape index (κ3) is 2.00.